The van der Waals surface area contributed by atoms with Gasteiger partial charge in [-0.25, -0.2) is 0 Å². The Labute approximate surface area is 204 Å². The highest BCUT2D eigenvalue weighted by Gasteiger charge is 2.17. The first-order valence-corrected chi connectivity index (χ1v) is 12.8. The van der Waals surface area contributed by atoms with Crippen molar-refractivity contribution in [2.45, 2.75) is 64.7 Å². The van der Waals surface area contributed by atoms with Gasteiger partial charge in [0.2, 0.25) is 5.91 Å². The van der Waals surface area contributed by atoms with Gasteiger partial charge in [0.1, 0.15) is 5.75 Å². The fourth-order valence-corrected chi connectivity index (χ4v) is 4.13. The molecule has 1 aliphatic rings. The number of carbonyl (C=O) groups excluding carboxylic acids is 2. The molecule has 0 bridgehead atoms. The van der Waals surface area contributed by atoms with Gasteiger partial charge in [0.25, 0.3) is 5.91 Å². The molecule has 0 saturated carbocycles. The Morgan fingerprint density at radius 1 is 0.882 bits per heavy atom. The maximum atomic E-state index is 12.7. The number of rotatable bonds is 12. The van der Waals surface area contributed by atoms with Crippen LogP contribution in [0.25, 0.3) is 0 Å². The summed E-state index contributed by atoms with van der Waals surface area (Å²) in [6.45, 7) is 4.72. The average molecular weight is 466 g/mol. The molecule has 1 heterocycles. The van der Waals surface area contributed by atoms with E-state index in [4.69, 9.17) is 4.74 Å². The summed E-state index contributed by atoms with van der Waals surface area (Å²) in [4.78, 5) is 27.1. The second-order valence-electron chi connectivity index (χ2n) is 8.98. The van der Waals surface area contributed by atoms with Crippen LogP contribution in [0.2, 0.25) is 0 Å². The molecule has 0 atom stereocenters. The minimum atomic E-state index is -0.138. The third-order valence-electron chi connectivity index (χ3n) is 6.11. The van der Waals surface area contributed by atoms with Gasteiger partial charge in [0.05, 0.1) is 13.2 Å². The van der Waals surface area contributed by atoms with Gasteiger partial charge in [-0.2, -0.15) is 0 Å². The zero-order valence-electron chi connectivity index (χ0n) is 20.5. The van der Waals surface area contributed by atoms with Gasteiger partial charge < -0.3 is 20.3 Å². The first-order chi connectivity index (χ1) is 16.7. The van der Waals surface area contributed by atoms with Crippen molar-refractivity contribution in [1.82, 2.24) is 4.90 Å². The fourth-order valence-electron chi connectivity index (χ4n) is 4.13. The molecule has 0 aromatic heterocycles. The summed E-state index contributed by atoms with van der Waals surface area (Å²) in [5, 5.41) is 6.03. The molecule has 2 aromatic carbocycles. The van der Waals surface area contributed by atoms with Gasteiger partial charge in [-0.3, -0.25) is 9.59 Å². The van der Waals surface area contributed by atoms with Crippen molar-refractivity contribution in [1.29, 1.82) is 0 Å². The summed E-state index contributed by atoms with van der Waals surface area (Å²) in [6, 6.07) is 14.9. The van der Waals surface area contributed by atoms with Crippen molar-refractivity contribution in [3.63, 3.8) is 0 Å². The van der Waals surface area contributed by atoms with Crippen LogP contribution in [0.1, 0.15) is 75.1 Å². The van der Waals surface area contributed by atoms with Crippen LogP contribution in [0.4, 0.5) is 11.4 Å². The van der Waals surface area contributed by atoms with Gasteiger partial charge >= 0.3 is 0 Å². The fraction of sp³-hybridized carbons (Fsp3) is 0.500. The molecule has 2 N–H and O–H groups in total. The van der Waals surface area contributed by atoms with Crippen LogP contribution in [-0.2, 0) is 4.79 Å². The van der Waals surface area contributed by atoms with Crippen LogP contribution in [0.5, 0.6) is 5.75 Å². The largest absolute Gasteiger partial charge is 0.494 e. The molecule has 0 aliphatic carbocycles. The summed E-state index contributed by atoms with van der Waals surface area (Å²) in [7, 11) is 0. The Morgan fingerprint density at radius 3 is 2.35 bits per heavy atom. The molecule has 0 spiro atoms. The Kier molecular flexibility index (Phi) is 10.8. The second-order valence-corrected chi connectivity index (χ2v) is 8.98. The third-order valence-corrected chi connectivity index (χ3v) is 6.11. The highest BCUT2D eigenvalue weighted by atomic mass is 16.5. The Bertz CT molecular complexity index is 890. The van der Waals surface area contributed by atoms with Crippen LogP contribution in [0.3, 0.4) is 0 Å². The first kappa shape index (κ1) is 25.6. The van der Waals surface area contributed by atoms with E-state index in [1.165, 1.54) is 38.5 Å². The number of unbranched alkanes of at least 4 members (excludes halogenated alkanes) is 4. The van der Waals surface area contributed by atoms with E-state index in [0.29, 0.717) is 17.9 Å². The lowest BCUT2D eigenvalue weighted by Crippen LogP contribution is -2.31. The van der Waals surface area contributed by atoms with Crippen molar-refractivity contribution in [2.75, 3.05) is 36.9 Å². The number of hydrogen-bond donors (Lipinski definition) is 2. The van der Waals surface area contributed by atoms with E-state index < -0.39 is 0 Å². The quantitative estimate of drug-likeness (QED) is 0.372. The summed E-state index contributed by atoms with van der Waals surface area (Å²) >= 11 is 0. The lowest BCUT2D eigenvalue weighted by atomic mass is 10.1. The molecule has 1 aliphatic heterocycles. The number of hydrogen-bond acceptors (Lipinski definition) is 4. The highest BCUT2D eigenvalue weighted by molar-refractivity contribution is 5.95. The number of anilines is 2. The maximum absolute atomic E-state index is 12.7. The number of likely N-dealkylation sites (tertiary alicyclic amines) is 1. The number of amides is 2. The molecule has 6 nitrogen and oxygen atoms in total. The molecule has 34 heavy (non-hydrogen) atoms. The minimum absolute atomic E-state index is 0.0919. The maximum Gasteiger partial charge on any atom is 0.253 e. The zero-order valence-corrected chi connectivity index (χ0v) is 20.5. The smallest absolute Gasteiger partial charge is 0.253 e. The Morgan fingerprint density at radius 2 is 1.62 bits per heavy atom. The minimum Gasteiger partial charge on any atom is -0.494 e. The van der Waals surface area contributed by atoms with E-state index in [-0.39, 0.29) is 18.4 Å². The molecule has 6 heteroatoms. The van der Waals surface area contributed by atoms with Crippen LogP contribution >= 0.6 is 0 Å². The lowest BCUT2D eigenvalue weighted by Gasteiger charge is -2.20. The predicted octanol–water partition coefficient (Wildman–Crippen LogP) is 6.10. The second kappa shape index (κ2) is 14.3. The normalized spacial score (nSPS) is 13.7. The summed E-state index contributed by atoms with van der Waals surface area (Å²) in [6.07, 6.45) is 10.5. The molecule has 0 unspecified atom stereocenters. The van der Waals surface area contributed by atoms with Gasteiger partial charge in [0, 0.05) is 36.1 Å². The summed E-state index contributed by atoms with van der Waals surface area (Å²) in [5.74, 6) is 0.724. The summed E-state index contributed by atoms with van der Waals surface area (Å²) in [5.41, 5.74) is 2.22. The van der Waals surface area contributed by atoms with Crippen molar-refractivity contribution in [2.24, 2.45) is 0 Å². The van der Waals surface area contributed by atoms with Crippen LogP contribution in [-0.4, -0.2) is 43.0 Å². The van der Waals surface area contributed by atoms with E-state index in [0.717, 1.165) is 43.8 Å². The number of nitrogens with zero attached hydrogens (tertiary/aromatic N) is 1. The number of nitrogens with one attached hydrogen (secondary N) is 2. The zero-order chi connectivity index (χ0) is 24.0. The molecule has 2 amide bonds. The number of ether oxygens (including phenoxy) is 1. The van der Waals surface area contributed by atoms with Crippen LogP contribution in [0.15, 0.2) is 48.5 Å². The molecule has 1 saturated heterocycles. The van der Waals surface area contributed by atoms with E-state index in [9.17, 15) is 9.59 Å². The summed E-state index contributed by atoms with van der Waals surface area (Å²) < 4.78 is 5.82. The van der Waals surface area contributed by atoms with Crippen molar-refractivity contribution in [3.05, 3.63) is 54.1 Å². The van der Waals surface area contributed by atoms with Crippen molar-refractivity contribution >= 4 is 23.2 Å². The molecule has 3 rings (SSSR count). The standard InChI is InChI=1S/C28H39N3O3/c1-2-3-4-7-10-20-34-26-13-11-12-25(21-26)30-27(32)22-29-24-16-14-23(15-17-24)28(33)31-18-8-5-6-9-19-31/h11-17,21,29H,2-10,18-20,22H2,1H3,(H,30,32). The molecule has 2 aromatic rings. The number of benzene rings is 2. The van der Waals surface area contributed by atoms with E-state index >= 15 is 0 Å². The van der Waals surface area contributed by atoms with Crippen molar-refractivity contribution < 1.29 is 14.3 Å². The van der Waals surface area contributed by atoms with E-state index in [2.05, 4.69) is 17.6 Å². The van der Waals surface area contributed by atoms with Gasteiger partial charge in [-0.15, -0.1) is 0 Å². The highest BCUT2D eigenvalue weighted by Crippen LogP contribution is 2.19. The topological polar surface area (TPSA) is 70.7 Å². The molecule has 184 valence electrons. The first-order valence-electron chi connectivity index (χ1n) is 12.8. The molecular weight excluding hydrogens is 426 g/mol. The Hall–Kier alpha value is -3.02. The average Bonchev–Trinajstić information content (AvgIpc) is 3.15. The molecule has 0 radical (unpaired) electrons. The van der Waals surface area contributed by atoms with E-state index in [1.54, 1.807) is 0 Å². The third kappa shape index (κ3) is 8.73. The van der Waals surface area contributed by atoms with Gasteiger partial charge in [-0.05, 0) is 55.7 Å². The Balaban J connectivity index is 1.41. The number of carbonyl (C=O) groups is 2. The van der Waals surface area contributed by atoms with Crippen LogP contribution < -0.4 is 15.4 Å². The lowest BCUT2D eigenvalue weighted by molar-refractivity contribution is -0.114. The van der Waals surface area contributed by atoms with Gasteiger partial charge in [0.15, 0.2) is 0 Å². The molecule has 1 fully saturated rings. The molecular formula is C28H39N3O3. The van der Waals surface area contributed by atoms with Gasteiger partial charge in [-0.1, -0.05) is 51.5 Å². The predicted molar refractivity (Wildman–Crippen MR) is 139 cm³/mol. The van der Waals surface area contributed by atoms with Crippen LogP contribution in [0, 0.1) is 0 Å². The SMILES string of the molecule is CCCCCCCOc1cccc(NC(=O)CNc2ccc(C(=O)N3CCCCCC3)cc2)c1. The van der Waals surface area contributed by atoms with E-state index in [1.807, 2.05) is 53.4 Å². The monoisotopic (exact) mass is 465 g/mol. The van der Waals surface area contributed by atoms with Crippen molar-refractivity contribution in [3.8, 4) is 5.75 Å².